The Labute approximate surface area is 198 Å². The summed E-state index contributed by atoms with van der Waals surface area (Å²) in [7, 11) is 0. The molecule has 0 saturated carbocycles. The number of carbonyl (C=O) groups is 1. The van der Waals surface area contributed by atoms with Crippen molar-refractivity contribution in [2.24, 2.45) is 0 Å². The van der Waals surface area contributed by atoms with Crippen molar-refractivity contribution in [2.45, 2.75) is 6.54 Å². The standard InChI is InChI=1S/C22H14Cl4N4O/c23-13-6-8-16(18(25)10-13)21-22(17-9-7-14(24)11-19(17)26)29-30(28-21)12-20(31)27-15-4-2-1-3-5-15/h1-11H,12H2,(H,27,31). The van der Waals surface area contributed by atoms with Gasteiger partial charge < -0.3 is 5.32 Å². The molecule has 0 saturated heterocycles. The summed E-state index contributed by atoms with van der Waals surface area (Å²) >= 11 is 24.9. The first-order valence-electron chi connectivity index (χ1n) is 9.11. The molecule has 3 aromatic carbocycles. The lowest BCUT2D eigenvalue weighted by Crippen LogP contribution is -2.20. The minimum absolute atomic E-state index is 0.0989. The van der Waals surface area contributed by atoms with Crippen LogP contribution in [0.15, 0.2) is 66.7 Å². The molecule has 4 rings (SSSR count). The average Bonchev–Trinajstić information content (AvgIpc) is 3.11. The summed E-state index contributed by atoms with van der Waals surface area (Å²) in [6.45, 7) is -0.0989. The fraction of sp³-hybridized carbons (Fsp3) is 0.0455. The molecular formula is C22H14Cl4N4O. The SMILES string of the molecule is O=C(Cn1nc(-c2ccc(Cl)cc2Cl)c(-c2ccc(Cl)cc2Cl)n1)Nc1ccccc1. The van der Waals surface area contributed by atoms with Gasteiger partial charge in [-0.25, -0.2) is 0 Å². The van der Waals surface area contributed by atoms with E-state index in [1.54, 1.807) is 48.5 Å². The molecule has 9 heteroatoms. The topological polar surface area (TPSA) is 59.8 Å². The molecule has 1 N–H and O–H groups in total. The molecule has 0 unspecified atom stereocenters. The highest BCUT2D eigenvalue weighted by molar-refractivity contribution is 6.37. The van der Waals surface area contributed by atoms with E-state index >= 15 is 0 Å². The molecule has 1 amide bonds. The number of aromatic nitrogens is 3. The van der Waals surface area contributed by atoms with Crippen LogP contribution in [0.5, 0.6) is 0 Å². The Kier molecular flexibility index (Phi) is 6.49. The summed E-state index contributed by atoms with van der Waals surface area (Å²) in [6, 6.07) is 19.3. The fourth-order valence-corrected chi connectivity index (χ4v) is 3.99. The molecule has 0 aliphatic carbocycles. The third-order valence-corrected chi connectivity index (χ3v) is 5.47. The zero-order valence-corrected chi connectivity index (χ0v) is 18.8. The number of anilines is 1. The van der Waals surface area contributed by atoms with Gasteiger partial charge in [0.2, 0.25) is 5.91 Å². The molecular weight excluding hydrogens is 478 g/mol. The van der Waals surface area contributed by atoms with Gasteiger partial charge in [0.05, 0.1) is 10.0 Å². The lowest BCUT2D eigenvalue weighted by atomic mass is 10.0. The Morgan fingerprint density at radius 2 is 1.29 bits per heavy atom. The van der Waals surface area contributed by atoms with E-state index in [-0.39, 0.29) is 12.5 Å². The van der Waals surface area contributed by atoms with Crippen molar-refractivity contribution >= 4 is 58.0 Å². The summed E-state index contributed by atoms with van der Waals surface area (Å²) in [5, 5.41) is 13.6. The highest BCUT2D eigenvalue weighted by Crippen LogP contribution is 2.38. The van der Waals surface area contributed by atoms with Gasteiger partial charge in [-0.2, -0.15) is 15.0 Å². The van der Waals surface area contributed by atoms with Crippen molar-refractivity contribution in [3.63, 3.8) is 0 Å². The molecule has 0 spiro atoms. The van der Waals surface area contributed by atoms with Gasteiger partial charge in [0, 0.05) is 26.9 Å². The Morgan fingerprint density at radius 3 is 1.77 bits per heavy atom. The molecule has 0 atom stereocenters. The maximum atomic E-state index is 12.5. The minimum Gasteiger partial charge on any atom is -0.324 e. The first-order valence-corrected chi connectivity index (χ1v) is 10.6. The van der Waals surface area contributed by atoms with E-state index < -0.39 is 0 Å². The normalized spacial score (nSPS) is 10.8. The summed E-state index contributed by atoms with van der Waals surface area (Å²) < 4.78 is 0. The number of hydrogen-bond acceptors (Lipinski definition) is 3. The van der Waals surface area contributed by atoms with Gasteiger partial charge in [0.15, 0.2) is 0 Å². The summed E-state index contributed by atoms with van der Waals surface area (Å²) in [6.07, 6.45) is 0. The third-order valence-electron chi connectivity index (χ3n) is 4.37. The van der Waals surface area contributed by atoms with Gasteiger partial charge >= 0.3 is 0 Å². The van der Waals surface area contributed by atoms with E-state index in [1.807, 2.05) is 18.2 Å². The second-order valence-electron chi connectivity index (χ2n) is 6.59. The van der Waals surface area contributed by atoms with Crippen molar-refractivity contribution in [2.75, 3.05) is 5.32 Å². The zero-order valence-electron chi connectivity index (χ0n) is 15.8. The number of halogens is 4. The second kappa shape index (κ2) is 9.28. The number of para-hydroxylation sites is 1. The summed E-state index contributed by atoms with van der Waals surface area (Å²) in [5.41, 5.74) is 2.85. The lowest BCUT2D eigenvalue weighted by Gasteiger charge is -2.06. The fourth-order valence-electron chi connectivity index (χ4n) is 3.00. The Balaban J connectivity index is 1.74. The van der Waals surface area contributed by atoms with E-state index in [0.717, 1.165) is 0 Å². The van der Waals surface area contributed by atoms with Crippen LogP contribution in [0.3, 0.4) is 0 Å². The number of carbonyl (C=O) groups excluding carboxylic acids is 1. The van der Waals surface area contributed by atoms with Gasteiger partial charge in [-0.3, -0.25) is 4.79 Å². The highest BCUT2D eigenvalue weighted by Gasteiger charge is 2.21. The predicted octanol–water partition coefficient (Wildman–Crippen LogP) is 6.86. The van der Waals surface area contributed by atoms with E-state index in [9.17, 15) is 4.79 Å². The minimum atomic E-state index is -0.274. The van der Waals surface area contributed by atoms with Gasteiger partial charge in [-0.05, 0) is 48.5 Å². The van der Waals surface area contributed by atoms with Gasteiger partial charge in [-0.15, -0.1) is 0 Å². The van der Waals surface area contributed by atoms with Gasteiger partial charge in [-0.1, -0.05) is 64.6 Å². The molecule has 0 bridgehead atoms. The highest BCUT2D eigenvalue weighted by atomic mass is 35.5. The van der Waals surface area contributed by atoms with Crippen LogP contribution in [-0.4, -0.2) is 20.9 Å². The summed E-state index contributed by atoms with van der Waals surface area (Å²) in [4.78, 5) is 13.8. The molecule has 1 heterocycles. The van der Waals surface area contributed by atoms with Crippen molar-refractivity contribution in [1.29, 1.82) is 0 Å². The molecule has 0 aliphatic rings. The van der Waals surface area contributed by atoms with E-state index in [1.165, 1.54) is 4.80 Å². The van der Waals surface area contributed by atoms with Crippen LogP contribution < -0.4 is 5.32 Å². The first kappa shape index (κ1) is 21.7. The molecule has 4 aromatic rings. The Hall–Kier alpha value is -2.57. The Morgan fingerprint density at radius 1 is 0.774 bits per heavy atom. The Bertz CT molecular complexity index is 1190. The quantitative estimate of drug-likeness (QED) is 0.331. The molecule has 1 aromatic heterocycles. The number of rotatable bonds is 5. The van der Waals surface area contributed by atoms with Crippen LogP contribution in [0.1, 0.15) is 0 Å². The number of nitrogens with one attached hydrogen (secondary N) is 1. The molecule has 0 fully saturated rings. The van der Waals surface area contributed by atoms with Crippen molar-refractivity contribution in [1.82, 2.24) is 15.0 Å². The largest absolute Gasteiger partial charge is 0.324 e. The molecule has 156 valence electrons. The number of benzene rings is 3. The molecule has 5 nitrogen and oxygen atoms in total. The van der Waals surface area contributed by atoms with E-state index in [0.29, 0.717) is 48.3 Å². The zero-order chi connectivity index (χ0) is 22.0. The van der Waals surface area contributed by atoms with Gasteiger partial charge in [0.1, 0.15) is 17.9 Å². The van der Waals surface area contributed by atoms with Crippen LogP contribution >= 0.6 is 46.4 Å². The second-order valence-corrected chi connectivity index (χ2v) is 8.28. The number of nitrogens with zero attached hydrogens (tertiary/aromatic N) is 3. The maximum absolute atomic E-state index is 12.5. The smallest absolute Gasteiger partial charge is 0.247 e. The summed E-state index contributed by atoms with van der Waals surface area (Å²) in [5.74, 6) is -0.274. The maximum Gasteiger partial charge on any atom is 0.247 e. The van der Waals surface area contributed by atoms with Crippen molar-refractivity contribution < 1.29 is 4.79 Å². The van der Waals surface area contributed by atoms with Gasteiger partial charge in [0.25, 0.3) is 0 Å². The van der Waals surface area contributed by atoms with Crippen molar-refractivity contribution in [3.05, 3.63) is 86.8 Å². The molecule has 0 radical (unpaired) electrons. The third kappa shape index (κ3) is 5.02. The predicted molar refractivity (Wildman–Crippen MR) is 126 cm³/mol. The number of hydrogen-bond donors (Lipinski definition) is 1. The lowest BCUT2D eigenvalue weighted by molar-refractivity contribution is -0.117. The van der Waals surface area contributed by atoms with Crippen molar-refractivity contribution in [3.8, 4) is 22.5 Å². The van der Waals surface area contributed by atoms with Crippen LogP contribution in [0.2, 0.25) is 20.1 Å². The van der Waals surface area contributed by atoms with E-state index in [4.69, 9.17) is 46.4 Å². The average molecular weight is 492 g/mol. The van der Waals surface area contributed by atoms with Crippen LogP contribution in [0, 0.1) is 0 Å². The van der Waals surface area contributed by atoms with Crippen LogP contribution in [0.25, 0.3) is 22.5 Å². The van der Waals surface area contributed by atoms with Crippen LogP contribution in [0.4, 0.5) is 5.69 Å². The van der Waals surface area contributed by atoms with Crippen LogP contribution in [-0.2, 0) is 11.3 Å². The van der Waals surface area contributed by atoms with E-state index in [2.05, 4.69) is 15.5 Å². The first-order chi connectivity index (χ1) is 14.9. The molecule has 31 heavy (non-hydrogen) atoms. The monoisotopic (exact) mass is 490 g/mol. The number of amides is 1. The molecule has 0 aliphatic heterocycles.